The molecular weight excluding hydrogens is 294 g/mol. The van der Waals surface area contributed by atoms with Gasteiger partial charge in [-0.15, -0.1) is 0 Å². The van der Waals surface area contributed by atoms with Crippen molar-refractivity contribution in [3.05, 3.63) is 41.2 Å². The Kier molecular flexibility index (Phi) is 4.86. The van der Waals surface area contributed by atoms with Crippen LogP contribution in [-0.2, 0) is 22.3 Å². The van der Waals surface area contributed by atoms with Crippen molar-refractivity contribution in [1.29, 1.82) is 0 Å². The number of ether oxygens (including phenoxy) is 3. The lowest BCUT2D eigenvalue weighted by molar-refractivity contribution is 0.0859. The topological polar surface area (TPSA) is 48.0 Å². The molecular formula is C18H23NO4. The molecule has 1 unspecified atom stereocenters. The van der Waals surface area contributed by atoms with E-state index in [0.717, 1.165) is 38.1 Å². The molecule has 5 heteroatoms. The number of rotatable bonds is 4. The molecule has 1 heterocycles. The zero-order chi connectivity index (χ0) is 16.2. The Balaban J connectivity index is 1.55. The summed E-state index contributed by atoms with van der Waals surface area (Å²) >= 11 is 0. The van der Waals surface area contributed by atoms with E-state index in [2.05, 4.69) is 21.8 Å². The molecule has 1 atom stereocenters. The van der Waals surface area contributed by atoms with Gasteiger partial charge in [-0.2, -0.15) is 0 Å². The first kappa shape index (κ1) is 15.9. The summed E-state index contributed by atoms with van der Waals surface area (Å²) in [7, 11) is 3.03. The number of carbonyl (C=O) groups excluding carboxylic acids is 1. The molecule has 5 nitrogen and oxygen atoms in total. The van der Waals surface area contributed by atoms with Gasteiger partial charge in [-0.1, -0.05) is 6.07 Å². The fraction of sp³-hybridized carbons (Fsp3) is 0.500. The molecule has 0 spiro atoms. The Morgan fingerprint density at radius 2 is 2.09 bits per heavy atom. The molecule has 3 rings (SSSR count). The maximum atomic E-state index is 11.2. The minimum absolute atomic E-state index is 0.606. The fourth-order valence-corrected chi connectivity index (χ4v) is 3.46. The molecule has 0 fully saturated rings. The molecule has 1 aromatic carbocycles. The average molecular weight is 317 g/mol. The van der Waals surface area contributed by atoms with Gasteiger partial charge >= 0.3 is 6.16 Å². The second-order valence-corrected chi connectivity index (χ2v) is 6.16. The largest absolute Gasteiger partial charge is 0.513 e. The zero-order valence-corrected chi connectivity index (χ0v) is 13.7. The van der Waals surface area contributed by atoms with Gasteiger partial charge < -0.3 is 14.2 Å². The summed E-state index contributed by atoms with van der Waals surface area (Å²) in [6.07, 6.45) is 4.42. The summed E-state index contributed by atoms with van der Waals surface area (Å²) in [4.78, 5) is 13.6. The Morgan fingerprint density at radius 1 is 1.26 bits per heavy atom. The summed E-state index contributed by atoms with van der Waals surface area (Å²) in [5, 5.41) is 0. The SMILES string of the molecule is COC(=O)OC1=CCCN(CC2Cc3ccc(OC)cc3C2)C1. The van der Waals surface area contributed by atoms with Crippen molar-refractivity contribution in [3.8, 4) is 5.75 Å². The summed E-state index contributed by atoms with van der Waals surface area (Å²) in [6.45, 7) is 2.69. The maximum absolute atomic E-state index is 11.2. The minimum Gasteiger partial charge on any atom is -0.497 e. The van der Waals surface area contributed by atoms with E-state index in [-0.39, 0.29) is 0 Å². The fourth-order valence-electron chi connectivity index (χ4n) is 3.46. The van der Waals surface area contributed by atoms with Gasteiger partial charge in [0.1, 0.15) is 11.5 Å². The van der Waals surface area contributed by atoms with Gasteiger partial charge in [0.15, 0.2) is 0 Å². The Bertz CT molecular complexity index is 611. The third-order valence-corrected chi connectivity index (χ3v) is 4.52. The average Bonchev–Trinajstić information content (AvgIpc) is 2.96. The molecule has 0 aromatic heterocycles. The number of benzene rings is 1. The van der Waals surface area contributed by atoms with Crippen LogP contribution in [0.2, 0.25) is 0 Å². The van der Waals surface area contributed by atoms with Gasteiger partial charge in [-0.3, -0.25) is 4.90 Å². The second kappa shape index (κ2) is 7.04. The predicted octanol–water partition coefficient (Wildman–Crippen LogP) is 2.78. The molecule has 1 aliphatic carbocycles. The normalized spacial score (nSPS) is 20.6. The van der Waals surface area contributed by atoms with Crippen molar-refractivity contribution in [1.82, 2.24) is 4.90 Å². The van der Waals surface area contributed by atoms with E-state index in [1.54, 1.807) is 7.11 Å². The lowest BCUT2D eigenvalue weighted by Gasteiger charge is -2.28. The number of hydrogen-bond acceptors (Lipinski definition) is 5. The van der Waals surface area contributed by atoms with Crippen LogP contribution >= 0.6 is 0 Å². The third kappa shape index (κ3) is 3.85. The van der Waals surface area contributed by atoms with E-state index in [1.807, 2.05) is 12.1 Å². The van der Waals surface area contributed by atoms with Crippen molar-refractivity contribution in [3.63, 3.8) is 0 Å². The highest BCUT2D eigenvalue weighted by molar-refractivity contribution is 5.61. The minimum atomic E-state index is -0.640. The van der Waals surface area contributed by atoms with Gasteiger partial charge in [0.25, 0.3) is 0 Å². The molecule has 0 radical (unpaired) electrons. The molecule has 124 valence electrons. The van der Waals surface area contributed by atoms with Gasteiger partial charge in [0.2, 0.25) is 0 Å². The van der Waals surface area contributed by atoms with Crippen molar-refractivity contribution in [2.24, 2.45) is 5.92 Å². The first-order valence-electron chi connectivity index (χ1n) is 8.01. The first-order valence-corrected chi connectivity index (χ1v) is 8.01. The van der Waals surface area contributed by atoms with Gasteiger partial charge in [-0.25, -0.2) is 4.79 Å². The molecule has 23 heavy (non-hydrogen) atoms. The number of nitrogens with zero attached hydrogens (tertiary/aromatic N) is 1. The van der Waals surface area contributed by atoms with Crippen LogP contribution in [0.5, 0.6) is 5.75 Å². The van der Waals surface area contributed by atoms with Crippen LogP contribution in [0, 0.1) is 5.92 Å². The highest BCUT2D eigenvalue weighted by Gasteiger charge is 2.25. The van der Waals surface area contributed by atoms with Gasteiger partial charge in [0, 0.05) is 13.1 Å². The second-order valence-electron chi connectivity index (χ2n) is 6.16. The lowest BCUT2D eigenvalue weighted by Crippen LogP contribution is -2.35. The van der Waals surface area contributed by atoms with E-state index in [0.29, 0.717) is 18.2 Å². The number of hydrogen-bond donors (Lipinski definition) is 0. The molecule has 0 saturated heterocycles. The Hall–Kier alpha value is -2.01. The smallest absolute Gasteiger partial charge is 0.497 e. The number of methoxy groups -OCH3 is 2. The predicted molar refractivity (Wildman–Crippen MR) is 86.5 cm³/mol. The summed E-state index contributed by atoms with van der Waals surface area (Å²) in [5.41, 5.74) is 2.82. The van der Waals surface area contributed by atoms with Crippen LogP contribution in [0.1, 0.15) is 17.5 Å². The third-order valence-electron chi connectivity index (χ3n) is 4.52. The lowest BCUT2D eigenvalue weighted by atomic mass is 10.0. The highest BCUT2D eigenvalue weighted by atomic mass is 16.7. The van der Waals surface area contributed by atoms with Crippen LogP contribution in [0.15, 0.2) is 30.0 Å². The van der Waals surface area contributed by atoms with Gasteiger partial charge in [0.05, 0.1) is 20.8 Å². The molecule has 0 saturated carbocycles. The molecule has 0 bridgehead atoms. The van der Waals surface area contributed by atoms with E-state index >= 15 is 0 Å². The maximum Gasteiger partial charge on any atom is 0.513 e. The van der Waals surface area contributed by atoms with Crippen LogP contribution < -0.4 is 4.74 Å². The van der Waals surface area contributed by atoms with Crippen LogP contribution in [0.4, 0.5) is 4.79 Å². The van der Waals surface area contributed by atoms with Crippen LogP contribution in [0.3, 0.4) is 0 Å². The molecule has 1 aliphatic heterocycles. The van der Waals surface area contributed by atoms with E-state index in [4.69, 9.17) is 9.47 Å². The molecule has 0 N–H and O–H groups in total. The van der Waals surface area contributed by atoms with Crippen molar-refractivity contribution < 1.29 is 19.0 Å². The Labute approximate surface area is 136 Å². The van der Waals surface area contributed by atoms with Crippen LogP contribution in [-0.4, -0.2) is 44.9 Å². The van der Waals surface area contributed by atoms with Crippen LogP contribution in [0.25, 0.3) is 0 Å². The van der Waals surface area contributed by atoms with Crippen molar-refractivity contribution in [2.75, 3.05) is 33.9 Å². The Morgan fingerprint density at radius 3 is 2.87 bits per heavy atom. The highest BCUT2D eigenvalue weighted by Crippen LogP contribution is 2.30. The summed E-state index contributed by atoms with van der Waals surface area (Å²) in [5.74, 6) is 2.23. The van der Waals surface area contributed by atoms with Crippen molar-refractivity contribution >= 4 is 6.16 Å². The number of fused-ring (bicyclic) bond motifs is 1. The number of carbonyl (C=O) groups is 1. The van der Waals surface area contributed by atoms with E-state index in [1.165, 1.54) is 18.2 Å². The van der Waals surface area contributed by atoms with E-state index in [9.17, 15) is 4.79 Å². The first-order chi connectivity index (χ1) is 11.2. The molecule has 1 aromatic rings. The van der Waals surface area contributed by atoms with Crippen molar-refractivity contribution in [2.45, 2.75) is 19.3 Å². The monoisotopic (exact) mass is 317 g/mol. The van der Waals surface area contributed by atoms with Gasteiger partial charge in [-0.05, 0) is 54.5 Å². The van der Waals surface area contributed by atoms with E-state index < -0.39 is 6.16 Å². The standard InChI is InChI=1S/C18H23NO4/c1-21-16-6-5-14-8-13(9-15(14)10-16)11-19-7-3-4-17(12-19)23-18(20)22-2/h4-6,10,13H,3,7-9,11-12H2,1-2H3. The zero-order valence-electron chi connectivity index (χ0n) is 13.7. The quantitative estimate of drug-likeness (QED) is 0.799. The molecule has 2 aliphatic rings. The summed E-state index contributed by atoms with van der Waals surface area (Å²) < 4.78 is 15.0. The molecule has 0 amide bonds. The summed E-state index contributed by atoms with van der Waals surface area (Å²) in [6, 6.07) is 6.36.